The molecule has 3 atom stereocenters. The fraction of sp³-hybridized carbons (Fsp3) is 1.00. The summed E-state index contributed by atoms with van der Waals surface area (Å²) in [5, 5.41) is 0. The van der Waals surface area contributed by atoms with Gasteiger partial charge in [-0.15, -0.1) is 0 Å². The van der Waals surface area contributed by atoms with Gasteiger partial charge in [-0.2, -0.15) is 0 Å². The second kappa shape index (κ2) is 4.40. The van der Waals surface area contributed by atoms with E-state index in [0.29, 0.717) is 18.1 Å². The summed E-state index contributed by atoms with van der Waals surface area (Å²) in [4.78, 5) is 0. The number of methoxy groups -OCH3 is 1. The molecule has 3 unspecified atom stereocenters. The van der Waals surface area contributed by atoms with Gasteiger partial charge >= 0.3 is 0 Å². The van der Waals surface area contributed by atoms with Crippen LogP contribution in [0.4, 0.5) is 0 Å². The van der Waals surface area contributed by atoms with Crippen LogP contribution in [-0.4, -0.2) is 39.1 Å². The zero-order valence-electron chi connectivity index (χ0n) is 8.20. The quantitative estimate of drug-likeness (QED) is 0.649. The molecular weight excluding hydrogens is 168 g/mol. The lowest BCUT2D eigenvalue weighted by atomic mass is 9.84. The molecule has 0 spiro atoms. The first-order chi connectivity index (χ1) is 6.42. The summed E-state index contributed by atoms with van der Waals surface area (Å²) >= 11 is 0. The Hall–Kier alpha value is -0.120. The van der Waals surface area contributed by atoms with Crippen molar-refractivity contribution in [1.82, 2.24) is 0 Å². The zero-order valence-corrected chi connectivity index (χ0v) is 8.20. The van der Waals surface area contributed by atoms with Crippen molar-refractivity contribution in [3.63, 3.8) is 0 Å². The Morgan fingerprint density at radius 1 is 1.23 bits per heavy atom. The van der Waals surface area contributed by atoms with E-state index in [4.69, 9.17) is 14.2 Å². The van der Waals surface area contributed by atoms with Crippen molar-refractivity contribution in [1.29, 1.82) is 0 Å². The van der Waals surface area contributed by atoms with Crippen molar-refractivity contribution in [2.45, 2.75) is 31.5 Å². The van der Waals surface area contributed by atoms with Gasteiger partial charge in [0.25, 0.3) is 0 Å². The van der Waals surface area contributed by atoms with E-state index >= 15 is 0 Å². The minimum absolute atomic E-state index is 0.294. The van der Waals surface area contributed by atoms with Crippen LogP contribution in [0.25, 0.3) is 0 Å². The molecule has 2 aliphatic rings. The minimum Gasteiger partial charge on any atom is -0.384 e. The first-order valence-corrected chi connectivity index (χ1v) is 5.14. The third-order valence-electron chi connectivity index (χ3n) is 3.00. The Balaban J connectivity index is 1.94. The second-order valence-corrected chi connectivity index (χ2v) is 3.89. The molecule has 1 saturated carbocycles. The summed E-state index contributed by atoms with van der Waals surface area (Å²) in [6, 6.07) is 0. The Morgan fingerprint density at radius 3 is 2.92 bits per heavy atom. The van der Waals surface area contributed by atoms with Crippen LogP contribution in [0.2, 0.25) is 0 Å². The highest BCUT2D eigenvalue weighted by Gasteiger charge is 2.36. The maximum atomic E-state index is 5.74. The maximum absolute atomic E-state index is 5.74. The van der Waals surface area contributed by atoms with Crippen LogP contribution in [0.5, 0.6) is 0 Å². The summed E-state index contributed by atoms with van der Waals surface area (Å²) in [6.07, 6.45) is 4.26. The molecule has 1 saturated heterocycles. The Morgan fingerprint density at radius 2 is 2.08 bits per heavy atom. The first kappa shape index (κ1) is 9.44. The number of ether oxygens (including phenoxy) is 3. The normalized spacial score (nSPS) is 39.9. The molecule has 0 N–H and O–H groups in total. The van der Waals surface area contributed by atoms with Gasteiger partial charge in [-0.25, -0.2) is 0 Å². The number of hydrogen-bond donors (Lipinski definition) is 0. The molecule has 1 aliphatic heterocycles. The van der Waals surface area contributed by atoms with Gasteiger partial charge in [0.15, 0.2) is 0 Å². The fourth-order valence-corrected chi connectivity index (χ4v) is 2.41. The summed E-state index contributed by atoms with van der Waals surface area (Å²) < 4.78 is 16.6. The smallest absolute Gasteiger partial charge is 0.0887 e. The third-order valence-corrected chi connectivity index (χ3v) is 3.00. The van der Waals surface area contributed by atoms with Crippen LogP contribution in [0.3, 0.4) is 0 Å². The van der Waals surface area contributed by atoms with Gasteiger partial charge in [-0.1, -0.05) is 6.42 Å². The van der Waals surface area contributed by atoms with Crippen LogP contribution in [-0.2, 0) is 14.2 Å². The Kier molecular flexibility index (Phi) is 3.19. The largest absolute Gasteiger partial charge is 0.384 e. The highest BCUT2D eigenvalue weighted by Crippen LogP contribution is 2.31. The number of fused-ring (bicyclic) bond motifs is 1. The van der Waals surface area contributed by atoms with Crippen molar-refractivity contribution in [2.24, 2.45) is 5.92 Å². The van der Waals surface area contributed by atoms with Gasteiger partial charge in [0.1, 0.15) is 0 Å². The molecule has 0 aromatic heterocycles. The van der Waals surface area contributed by atoms with Gasteiger partial charge in [0, 0.05) is 13.0 Å². The molecule has 1 aliphatic carbocycles. The van der Waals surface area contributed by atoms with E-state index in [9.17, 15) is 0 Å². The monoisotopic (exact) mass is 186 g/mol. The molecular formula is C10H18O3. The summed E-state index contributed by atoms with van der Waals surface area (Å²) in [5.74, 6) is 0.545. The second-order valence-electron chi connectivity index (χ2n) is 3.89. The summed E-state index contributed by atoms with van der Waals surface area (Å²) in [6.45, 7) is 2.33. The third kappa shape index (κ3) is 2.03. The molecule has 0 aromatic rings. The van der Waals surface area contributed by atoms with Crippen LogP contribution >= 0.6 is 0 Å². The molecule has 0 amide bonds. The van der Waals surface area contributed by atoms with E-state index in [1.54, 1.807) is 7.11 Å². The highest BCUT2D eigenvalue weighted by atomic mass is 16.6. The molecule has 2 rings (SSSR count). The lowest BCUT2D eigenvalue weighted by Gasteiger charge is -2.40. The average Bonchev–Trinajstić information content (AvgIpc) is 2.19. The van der Waals surface area contributed by atoms with Crippen molar-refractivity contribution in [3.8, 4) is 0 Å². The molecule has 0 bridgehead atoms. The van der Waals surface area contributed by atoms with Crippen LogP contribution in [0.1, 0.15) is 19.3 Å². The standard InChI is InChI=1S/C10H18O3/c1-11-7-8-3-2-4-9-10(8)13-6-5-12-9/h8-10H,2-7H2,1H3. The zero-order chi connectivity index (χ0) is 9.10. The van der Waals surface area contributed by atoms with E-state index in [1.807, 2.05) is 0 Å². The number of rotatable bonds is 2. The predicted molar refractivity (Wildman–Crippen MR) is 48.7 cm³/mol. The van der Waals surface area contributed by atoms with Crippen molar-refractivity contribution in [3.05, 3.63) is 0 Å². The van der Waals surface area contributed by atoms with Gasteiger partial charge in [0.2, 0.25) is 0 Å². The maximum Gasteiger partial charge on any atom is 0.0887 e. The Labute approximate surface area is 79.4 Å². The van der Waals surface area contributed by atoms with Crippen LogP contribution in [0.15, 0.2) is 0 Å². The van der Waals surface area contributed by atoms with Crippen molar-refractivity contribution < 1.29 is 14.2 Å². The molecule has 0 aromatic carbocycles. The molecule has 13 heavy (non-hydrogen) atoms. The van der Waals surface area contributed by atoms with E-state index in [0.717, 1.165) is 26.2 Å². The van der Waals surface area contributed by atoms with Gasteiger partial charge in [0.05, 0.1) is 32.0 Å². The topological polar surface area (TPSA) is 27.7 Å². The van der Waals surface area contributed by atoms with E-state index in [1.165, 1.54) is 12.8 Å². The average molecular weight is 186 g/mol. The Bertz CT molecular complexity index is 156. The SMILES string of the molecule is COCC1CCCC2OCCOC12. The van der Waals surface area contributed by atoms with E-state index < -0.39 is 0 Å². The highest BCUT2D eigenvalue weighted by molar-refractivity contribution is 4.85. The molecule has 1 heterocycles. The predicted octanol–water partition coefficient (Wildman–Crippen LogP) is 1.22. The van der Waals surface area contributed by atoms with Crippen LogP contribution in [0, 0.1) is 5.92 Å². The van der Waals surface area contributed by atoms with Crippen molar-refractivity contribution >= 4 is 0 Å². The molecule has 76 valence electrons. The summed E-state index contributed by atoms with van der Waals surface area (Å²) in [5.41, 5.74) is 0. The molecule has 3 heteroatoms. The fourth-order valence-electron chi connectivity index (χ4n) is 2.41. The van der Waals surface area contributed by atoms with Crippen molar-refractivity contribution in [2.75, 3.05) is 26.9 Å². The van der Waals surface area contributed by atoms with Gasteiger partial charge in [-0.05, 0) is 12.8 Å². The van der Waals surface area contributed by atoms with Crippen LogP contribution < -0.4 is 0 Å². The van der Waals surface area contributed by atoms with Gasteiger partial charge < -0.3 is 14.2 Å². The summed E-state index contributed by atoms with van der Waals surface area (Å²) in [7, 11) is 1.76. The van der Waals surface area contributed by atoms with E-state index in [2.05, 4.69) is 0 Å². The lowest BCUT2D eigenvalue weighted by molar-refractivity contribution is -0.180. The van der Waals surface area contributed by atoms with E-state index in [-0.39, 0.29) is 0 Å². The first-order valence-electron chi connectivity index (χ1n) is 5.14. The molecule has 0 radical (unpaired) electrons. The van der Waals surface area contributed by atoms with Gasteiger partial charge in [-0.3, -0.25) is 0 Å². The lowest BCUT2D eigenvalue weighted by Crippen LogP contribution is -2.47. The molecule has 3 nitrogen and oxygen atoms in total. The molecule has 2 fully saturated rings. The number of hydrogen-bond acceptors (Lipinski definition) is 3. The minimum atomic E-state index is 0.294.